The van der Waals surface area contributed by atoms with Crippen LogP contribution in [0.1, 0.15) is 42.7 Å². The third-order valence-electron chi connectivity index (χ3n) is 4.85. The smallest absolute Gasteiger partial charge is 0.279 e. The van der Waals surface area contributed by atoms with Crippen LogP contribution in [0, 0.1) is 11.3 Å². The maximum absolute atomic E-state index is 13.1. The normalized spacial score (nSPS) is 10.4. The lowest BCUT2D eigenvalue weighted by molar-refractivity contribution is 0.102. The summed E-state index contributed by atoms with van der Waals surface area (Å²) in [7, 11) is 1.46. The molecule has 3 aromatic heterocycles. The van der Waals surface area contributed by atoms with Gasteiger partial charge in [-0.05, 0) is 31.0 Å². The van der Waals surface area contributed by atoms with Gasteiger partial charge in [0.1, 0.15) is 28.8 Å². The molecule has 0 aliphatic heterocycles. The van der Waals surface area contributed by atoms with Crippen LogP contribution in [0.25, 0.3) is 11.4 Å². The highest BCUT2D eigenvalue weighted by Gasteiger charge is 2.21. The first-order valence-electron chi connectivity index (χ1n) is 10.6. The lowest BCUT2D eigenvalue weighted by Crippen LogP contribution is -2.27. The van der Waals surface area contributed by atoms with Crippen molar-refractivity contribution in [2.75, 3.05) is 36.1 Å². The van der Waals surface area contributed by atoms with E-state index in [1.165, 1.54) is 19.5 Å². The van der Waals surface area contributed by atoms with Gasteiger partial charge in [0.25, 0.3) is 5.91 Å². The van der Waals surface area contributed by atoms with Gasteiger partial charge in [0.05, 0.1) is 19.0 Å². The van der Waals surface area contributed by atoms with Crippen LogP contribution < -0.4 is 20.7 Å². The molecule has 0 radical (unpaired) electrons. The topological polar surface area (TPSA) is 143 Å². The third kappa shape index (κ3) is 5.15. The molecule has 0 unspecified atom stereocenters. The summed E-state index contributed by atoms with van der Waals surface area (Å²) < 4.78 is 5.23. The number of amides is 1. The molecule has 0 aliphatic rings. The molecule has 0 saturated carbocycles. The Bertz CT molecular complexity index is 1170. The molecule has 1 amide bonds. The van der Waals surface area contributed by atoms with E-state index in [4.69, 9.17) is 10.5 Å². The Morgan fingerprint density at radius 1 is 1.18 bits per heavy atom. The van der Waals surface area contributed by atoms with Gasteiger partial charge in [-0.3, -0.25) is 9.78 Å². The zero-order valence-electron chi connectivity index (χ0n) is 18.9. The van der Waals surface area contributed by atoms with Crippen molar-refractivity contribution >= 4 is 23.2 Å². The first-order valence-corrected chi connectivity index (χ1v) is 10.6. The molecule has 3 N–H and O–H groups in total. The number of carbonyl (C=O) groups excluding carboxylic acids is 1. The number of nitrogens with one attached hydrogen (secondary N) is 1. The number of nitrogen functional groups attached to an aromatic ring is 1. The van der Waals surface area contributed by atoms with E-state index >= 15 is 0 Å². The number of carbonyl (C=O) groups is 1. The Morgan fingerprint density at radius 2 is 1.94 bits per heavy atom. The van der Waals surface area contributed by atoms with Crippen molar-refractivity contribution in [2.45, 2.75) is 26.7 Å². The fourth-order valence-electron chi connectivity index (χ4n) is 3.40. The van der Waals surface area contributed by atoms with E-state index in [-0.39, 0.29) is 28.5 Å². The molecule has 0 aliphatic carbocycles. The average molecular weight is 447 g/mol. The van der Waals surface area contributed by atoms with E-state index in [2.05, 4.69) is 50.1 Å². The number of nitriles is 1. The van der Waals surface area contributed by atoms with Gasteiger partial charge in [-0.25, -0.2) is 15.0 Å². The molecule has 0 bridgehead atoms. The fraction of sp³-hybridized carbons (Fsp3) is 0.304. The molecule has 10 heteroatoms. The molecule has 0 fully saturated rings. The zero-order chi connectivity index (χ0) is 23.8. The largest absolute Gasteiger partial charge is 0.495 e. The number of pyridine rings is 2. The Kier molecular flexibility index (Phi) is 7.70. The van der Waals surface area contributed by atoms with Crippen LogP contribution in [-0.4, -0.2) is 46.0 Å². The second-order valence-electron chi connectivity index (χ2n) is 7.15. The summed E-state index contributed by atoms with van der Waals surface area (Å²) in [6.45, 7) is 5.86. The third-order valence-corrected chi connectivity index (χ3v) is 4.85. The highest BCUT2D eigenvalue weighted by molar-refractivity contribution is 6.06. The molecule has 33 heavy (non-hydrogen) atoms. The molecule has 3 aromatic rings. The zero-order valence-corrected chi connectivity index (χ0v) is 18.9. The summed E-state index contributed by atoms with van der Waals surface area (Å²) in [5.74, 6) is 0.149. The first-order chi connectivity index (χ1) is 16.0. The molecular weight excluding hydrogens is 420 g/mol. The maximum Gasteiger partial charge on any atom is 0.279 e. The highest BCUT2D eigenvalue weighted by atomic mass is 16.5. The van der Waals surface area contributed by atoms with Gasteiger partial charge < -0.3 is 20.7 Å². The van der Waals surface area contributed by atoms with Crippen LogP contribution in [0.15, 0.2) is 36.8 Å². The van der Waals surface area contributed by atoms with Crippen molar-refractivity contribution in [1.29, 1.82) is 5.26 Å². The molecule has 0 spiro atoms. The van der Waals surface area contributed by atoms with Crippen LogP contribution >= 0.6 is 0 Å². The Balaban J connectivity index is 1.97. The Hall–Kier alpha value is -4.26. The summed E-state index contributed by atoms with van der Waals surface area (Å²) >= 11 is 0. The number of aromatic nitrogens is 4. The van der Waals surface area contributed by atoms with E-state index in [9.17, 15) is 10.1 Å². The summed E-state index contributed by atoms with van der Waals surface area (Å²) in [4.78, 5) is 32.3. The summed E-state index contributed by atoms with van der Waals surface area (Å²) in [5.41, 5.74) is 7.35. The fourth-order valence-corrected chi connectivity index (χ4v) is 3.40. The van der Waals surface area contributed by atoms with Crippen LogP contribution in [0.3, 0.4) is 0 Å². The molecule has 0 aromatic carbocycles. The minimum absolute atomic E-state index is 0.0471. The molecule has 3 rings (SSSR count). The summed E-state index contributed by atoms with van der Waals surface area (Å²) in [5, 5.41) is 12.4. The molecule has 170 valence electrons. The van der Waals surface area contributed by atoms with Crippen LogP contribution in [-0.2, 0) is 0 Å². The van der Waals surface area contributed by atoms with Crippen molar-refractivity contribution < 1.29 is 9.53 Å². The van der Waals surface area contributed by atoms with Gasteiger partial charge in [-0.15, -0.1) is 0 Å². The Labute approximate surface area is 192 Å². The molecule has 0 atom stereocenters. The van der Waals surface area contributed by atoms with Gasteiger partial charge in [-0.2, -0.15) is 5.26 Å². The lowest BCUT2D eigenvalue weighted by atomic mass is 10.1. The lowest BCUT2D eigenvalue weighted by Gasteiger charge is -2.25. The highest BCUT2D eigenvalue weighted by Crippen LogP contribution is 2.28. The van der Waals surface area contributed by atoms with Gasteiger partial charge >= 0.3 is 0 Å². The second kappa shape index (κ2) is 10.9. The number of rotatable bonds is 9. The number of hydrogen-bond donors (Lipinski definition) is 2. The maximum atomic E-state index is 13.1. The predicted octanol–water partition coefficient (Wildman–Crippen LogP) is 3.27. The van der Waals surface area contributed by atoms with Crippen molar-refractivity contribution in [3.05, 3.63) is 48.0 Å². The average Bonchev–Trinajstić information content (AvgIpc) is 2.84. The van der Waals surface area contributed by atoms with E-state index in [1.807, 2.05) is 12.1 Å². The van der Waals surface area contributed by atoms with Crippen molar-refractivity contribution in [3.63, 3.8) is 0 Å². The summed E-state index contributed by atoms with van der Waals surface area (Å²) in [6.07, 6.45) is 6.38. The van der Waals surface area contributed by atoms with Crippen molar-refractivity contribution in [2.24, 2.45) is 0 Å². The van der Waals surface area contributed by atoms with Gasteiger partial charge in [0.2, 0.25) is 0 Å². The van der Waals surface area contributed by atoms with Crippen molar-refractivity contribution in [3.8, 4) is 23.2 Å². The number of nitrogens with two attached hydrogens (primary N) is 1. The van der Waals surface area contributed by atoms with E-state index < -0.39 is 5.91 Å². The number of methoxy groups -OCH3 is 1. The number of anilines is 3. The van der Waals surface area contributed by atoms with Gasteiger partial charge in [0, 0.05) is 25.5 Å². The van der Waals surface area contributed by atoms with Crippen LogP contribution in [0.5, 0.6) is 5.75 Å². The Morgan fingerprint density at radius 3 is 2.61 bits per heavy atom. The number of ether oxygens (including phenoxy) is 1. The SMILES string of the molecule is CCCN(CCC)c1cccnc1NC(=O)c1nc(-c2nccc(OC)c2C#N)cnc1N. The van der Waals surface area contributed by atoms with Gasteiger partial charge in [-0.1, -0.05) is 13.8 Å². The predicted molar refractivity (Wildman–Crippen MR) is 126 cm³/mol. The monoisotopic (exact) mass is 446 g/mol. The van der Waals surface area contributed by atoms with Gasteiger partial charge in [0.15, 0.2) is 17.3 Å². The van der Waals surface area contributed by atoms with Crippen LogP contribution in [0.2, 0.25) is 0 Å². The van der Waals surface area contributed by atoms with Crippen LogP contribution in [0.4, 0.5) is 17.3 Å². The second-order valence-corrected chi connectivity index (χ2v) is 7.15. The first kappa shape index (κ1) is 23.4. The quantitative estimate of drug-likeness (QED) is 0.506. The van der Waals surface area contributed by atoms with E-state index in [1.54, 1.807) is 12.3 Å². The van der Waals surface area contributed by atoms with E-state index in [0.717, 1.165) is 31.6 Å². The minimum Gasteiger partial charge on any atom is -0.495 e. The standard InChI is InChI=1S/C23H26N8O2/c1-4-11-31(12-5-2)17-7-6-9-27-22(17)30-23(32)20-21(25)28-14-16(29-20)19-15(13-24)18(33-3)8-10-26-19/h6-10,14H,4-5,11-12H2,1-3H3,(H2,25,28)(H,27,30,32). The van der Waals surface area contributed by atoms with Crippen molar-refractivity contribution in [1.82, 2.24) is 19.9 Å². The number of hydrogen-bond acceptors (Lipinski definition) is 9. The molecule has 0 saturated heterocycles. The van der Waals surface area contributed by atoms with E-state index in [0.29, 0.717) is 11.6 Å². The summed E-state index contributed by atoms with van der Waals surface area (Å²) in [6, 6.07) is 7.37. The number of nitrogens with zero attached hydrogens (tertiary/aromatic N) is 6. The minimum atomic E-state index is -0.559. The molecular formula is C23H26N8O2. The molecule has 10 nitrogen and oxygen atoms in total. The molecule has 3 heterocycles.